The molecule has 0 saturated heterocycles. The number of Topliss-reactive ketones (excluding diaryl/α,β-unsaturated/α-hetero) is 2. The number of alkyl halides is 1. The zero-order valence-corrected chi connectivity index (χ0v) is 51.5. The van der Waals surface area contributed by atoms with E-state index in [1.807, 2.05) is 153 Å². The Kier molecular flexibility index (Phi) is 26.3. The van der Waals surface area contributed by atoms with Crippen LogP contribution < -0.4 is 10.6 Å². The number of hydrogen-bond donors (Lipinski definition) is 4. The van der Waals surface area contributed by atoms with Gasteiger partial charge in [0.1, 0.15) is 23.8 Å². The van der Waals surface area contributed by atoms with E-state index >= 15 is 0 Å². The van der Waals surface area contributed by atoms with Crippen molar-refractivity contribution in [2.75, 3.05) is 30.2 Å². The van der Waals surface area contributed by atoms with E-state index in [4.69, 9.17) is 16.3 Å². The Balaban J connectivity index is 0.000000269. The first-order valence-electron chi connectivity index (χ1n) is 29.4. The molecule has 2 atom stereocenters. The van der Waals surface area contributed by atoms with Gasteiger partial charge in [-0.3, -0.25) is 28.8 Å². The van der Waals surface area contributed by atoms with Crippen molar-refractivity contribution in [3.8, 4) is 44.8 Å². The van der Waals surface area contributed by atoms with Crippen LogP contribution in [-0.2, 0) is 41.7 Å². The number of para-hydroxylation sites is 2. The second-order valence-corrected chi connectivity index (χ2v) is 21.9. The fourth-order valence-corrected chi connectivity index (χ4v) is 10.5. The zero-order chi connectivity index (χ0) is 63.9. The number of rotatable bonds is 25. The number of aliphatic hydroxyl groups is 2. The summed E-state index contributed by atoms with van der Waals surface area (Å²) in [5.41, 5.74) is 9.48. The first kappa shape index (κ1) is 68.3. The van der Waals surface area contributed by atoms with Crippen molar-refractivity contribution in [2.24, 2.45) is 0 Å². The standard InChI is InChI=1S/C35H35FN2O5.C34H37FN2O5.C2H5Cl/c1-4-43-30(41)22-29(40)21-28(39)19-20-38-33(23(2)3)32(35(42)37-27-13-9-6-10-14-27)31(24-11-7-5-8-12-24)34(38)25-15-17-26(36)18-16-25;1-22(2)32-31(34(41)36-26-12-8-5-9-13-26)30(23-10-6-4-7-11-23)33(24-14-16-25(35)17-15-24)37(32)19-18-27(38)20-28(39)21-29(40)42-3;1-2-3/h5-18,23H,4,19-22H2,1-3H3,(H,37,42);4-17,22,27-28,38-39H,18-21H2,1-3H3,(H,36,41);2H2,1H3/t;27-,28?;/m.1./s1. The van der Waals surface area contributed by atoms with Crippen LogP contribution in [0.25, 0.3) is 44.8 Å². The van der Waals surface area contributed by atoms with E-state index in [2.05, 4.69) is 15.4 Å². The van der Waals surface area contributed by atoms with Crippen molar-refractivity contribution < 1.29 is 57.2 Å². The van der Waals surface area contributed by atoms with Gasteiger partial charge in [0.25, 0.3) is 11.8 Å². The predicted molar refractivity (Wildman–Crippen MR) is 342 cm³/mol. The van der Waals surface area contributed by atoms with Gasteiger partial charge in [-0.2, -0.15) is 0 Å². The summed E-state index contributed by atoms with van der Waals surface area (Å²) in [7, 11) is 1.25. The van der Waals surface area contributed by atoms with Crippen LogP contribution >= 0.6 is 11.6 Å². The zero-order valence-electron chi connectivity index (χ0n) is 50.7. The van der Waals surface area contributed by atoms with Gasteiger partial charge in [0.15, 0.2) is 5.78 Å². The van der Waals surface area contributed by atoms with Crippen molar-refractivity contribution in [3.63, 3.8) is 0 Å². The number of nitrogens with zero attached hydrogens (tertiary/aromatic N) is 2. The highest BCUT2D eigenvalue weighted by Gasteiger charge is 2.33. The van der Waals surface area contributed by atoms with E-state index in [0.29, 0.717) is 57.1 Å². The lowest BCUT2D eigenvalue weighted by Gasteiger charge is -2.20. The molecule has 0 aliphatic carbocycles. The molecule has 0 radical (unpaired) electrons. The number of amides is 2. The Morgan fingerprint density at radius 1 is 0.523 bits per heavy atom. The quantitative estimate of drug-likeness (QED) is 0.0243. The smallest absolute Gasteiger partial charge is 0.313 e. The molecule has 2 heterocycles. The molecule has 4 N–H and O–H groups in total. The minimum Gasteiger partial charge on any atom is -0.469 e. The number of aliphatic hydroxyl groups excluding tert-OH is 2. The molecule has 88 heavy (non-hydrogen) atoms. The van der Waals surface area contributed by atoms with Crippen LogP contribution in [0, 0.1) is 11.6 Å². The lowest BCUT2D eigenvalue weighted by Crippen LogP contribution is -2.23. The Hall–Kier alpha value is -8.83. The summed E-state index contributed by atoms with van der Waals surface area (Å²) in [5, 5.41) is 27.2. The normalized spacial score (nSPS) is 11.6. The molecule has 2 aromatic heterocycles. The van der Waals surface area contributed by atoms with Crippen molar-refractivity contribution in [1.29, 1.82) is 0 Å². The average Bonchev–Trinajstić information content (AvgIpc) is 1.82. The van der Waals surface area contributed by atoms with Crippen LogP contribution in [0.2, 0.25) is 0 Å². The molecule has 0 aliphatic heterocycles. The molecule has 0 aliphatic rings. The molecule has 17 heteroatoms. The van der Waals surface area contributed by atoms with Crippen LogP contribution in [0.3, 0.4) is 0 Å². The number of aromatic nitrogens is 2. The number of hydrogen-bond acceptors (Lipinski definition) is 10. The molecule has 14 nitrogen and oxygen atoms in total. The molecule has 8 rings (SSSR count). The molecular weight excluding hydrogens is 1140 g/mol. The van der Waals surface area contributed by atoms with E-state index in [1.54, 1.807) is 43.3 Å². The maximum absolute atomic E-state index is 14.1. The fourth-order valence-electron chi connectivity index (χ4n) is 10.5. The second kappa shape index (κ2) is 33.9. The van der Waals surface area contributed by atoms with Gasteiger partial charge in [0.2, 0.25) is 0 Å². The van der Waals surface area contributed by atoms with Gasteiger partial charge in [-0.05, 0) is 127 Å². The van der Waals surface area contributed by atoms with Crippen LogP contribution in [0.15, 0.2) is 170 Å². The van der Waals surface area contributed by atoms with Gasteiger partial charge in [-0.25, -0.2) is 8.78 Å². The molecule has 2 amide bonds. The highest BCUT2D eigenvalue weighted by molar-refractivity contribution is 6.17. The van der Waals surface area contributed by atoms with Crippen molar-refractivity contribution >= 4 is 58.3 Å². The largest absolute Gasteiger partial charge is 0.469 e. The van der Waals surface area contributed by atoms with Crippen molar-refractivity contribution in [2.45, 2.75) is 117 Å². The molecule has 6 aromatic carbocycles. The third-order valence-corrected chi connectivity index (χ3v) is 14.1. The first-order chi connectivity index (χ1) is 42.3. The number of nitrogens with one attached hydrogen (secondary N) is 2. The van der Waals surface area contributed by atoms with E-state index in [-0.39, 0.29) is 74.1 Å². The predicted octanol–water partition coefficient (Wildman–Crippen LogP) is 14.9. The lowest BCUT2D eigenvalue weighted by molar-refractivity contribution is -0.146. The number of esters is 2. The molecule has 462 valence electrons. The van der Waals surface area contributed by atoms with Crippen molar-refractivity contribution in [3.05, 3.63) is 204 Å². The second-order valence-electron chi connectivity index (χ2n) is 21.3. The summed E-state index contributed by atoms with van der Waals surface area (Å²) < 4.78 is 41.5. The molecule has 0 saturated carbocycles. The Morgan fingerprint density at radius 3 is 1.31 bits per heavy atom. The number of methoxy groups -OCH3 is 1. The Labute approximate surface area is 518 Å². The monoisotopic (exact) mass is 1220 g/mol. The summed E-state index contributed by atoms with van der Waals surface area (Å²) in [6, 6.07) is 49.6. The SMILES string of the molecule is CCCl.CCOC(=O)CC(=O)CC(=O)CCn1c(-c2ccc(F)cc2)c(-c2ccccc2)c(C(=O)Nc2ccccc2)c1C(C)C.COC(=O)CC(O)C[C@H](O)CCn1c(-c2ccc(F)cc2)c(-c2ccccc2)c(C(=O)Nc2ccccc2)c1C(C)C. The minimum atomic E-state index is -1.05. The van der Waals surface area contributed by atoms with E-state index in [0.717, 1.165) is 34.0 Å². The average molecular weight is 1220 g/mol. The maximum atomic E-state index is 14.1. The highest BCUT2D eigenvalue weighted by Crippen LogP contribution is 2.44. The fraction of sp³-hybridized carbons (Fsp3) is 0.296. The van der Waals surface area contributed by atoms with Crippen LogP contribution in [0.5, 0.6) is 0 Å². The molecular formula is C71H77ClF2N4O10. The van der Waals surface area contributed by atoms with Crippen LogP contribution in [0.1, 0.15) is 124 Å². The minimum absolute atomic E-state index is 0.00778. The number of carbonyl (C=O) groups excluding carboxylic acids is 6. The van der Waals surface area contributed by atoms with E-state index < -0.39 is 48.6 Å². The number of carbonyl (C=O) groups is 6. The molecule has 1 unspecified atom stereocenters. The number of benzene rings is 6. The Bertz CT molecular complexity index is 3580. The number of halogens is 3. The lowest BCUT2D eigenvalue weighted by atomic mass is 9.94. The van der Waals surface area contributed by atoms with Crippen molar-refractivity contribution in [1.82, 2.24) is 9.13 Å². The van der Waals surface area contributed by atoms with E-state index in [1.165, 1.54) is 31.4 Å². The molecule has 0 bridgehead atoms. The van der Waals surface area contributed by atoms with Gasteiger partial charge in [0, 0.05) is 59.3 Å². The van der Waals surface area contributed by atoms with Gasteiger partial charge >= 0.3 is 11.9 Å². The number of anilines is 2. The van der Waals surface area contributed by atoms with Gasteiger partial charge in [-0.15, -0.1) is 11.6 Å². The van der Waals surface area contributed by atoms with Gasteiger partial charge < -0.3 is 39.5 Å². The molecule has 8 aromatic rings. The summed E-state index contributed by atoms with van der Waals surface area (Å²) >= 11 is 5.00. The summed E-state index contributed by atoms with van der Waals surface area (Å²) in [4.78, 5) is 76.7. The van der Waals surface area contributed by atoms with Gasteiger partial charge in [0.05, 0.1) is 61.3 Å². The highest BCUT2D eigenvalue weighted by atomic mass is 35.5. The number of ether oxygens (including phenoxy) is 2. The summed E-state index contributed by atoms with van der Waals surface area (Å²) in [5.74, 6) is -2.94. The van der Waals surface area contributed by atoms with Crippen LogP contribution in [0.4, 0.5) is 20.2 Å². The summed E-state index contributed by atoms with van der Waals surface area (Å²) in [6.45, 7) is 12.1. The topological polar surface area (TPSA) is 195 Å². The summed E-state index contributed by atoms with van der Waals surface area (Å²) in [6.07, 6.45) is -2.80. The molecule has 0 fully saturated rings. The Morgan fingerprint density at radius 2 is 0.920 bits per heavy atom. The third kappa shape index (κ3) is 18.8. The third-order valence-electron chi connectivity index (χ3n) is 14.1. The van der Waals surface area contributed by atoms with Gasteiger partial charge in [-0.1, -0.05) is 132 Å². The van der Waals surface area contributed by atoms with Crippen LogP contribution in [-0.4, -0.2) is 86.5 Å². The maximum Gasteiger partial charge on any atom is 0.313 e. The first-order valence-corrected chi connectivity index (χ1v) is 29.9. The van der Waals surface area contributed by atoms with E-state index in [9.17, 15) is 47.8 Å². The molecule has 0 spiro atoms. The number of ketones is 2.